The molecule has 2 N–H and O–H groups in total. The van der Waals surface area contributed by atoms with Crippen molar-refractivity contribution in [2.24, 2.45) is 0 Å². The van der Waals surface area contributed by atoms with Crippen molar-refractivity contribution in [1.29, 1.82) is 0 Å². The van der Waals surface area contributed by atoms with Crippen LogP contribution in [-0.4, -0.2) is 10.2 Å². The second kappa shape index (κ2) is 4.54. The van der Waals surface area contributed by atoms with Gasteiger partial charge in [0.05, 0.1) is 5.69 Å². The number of aromatic nitrogens is 2. The quantitative estimate of drug-likeness (QED) is 0.639. The molecule has 0 unspecified atom stereocenters. The minimum Gasteiger partial charge on any atom is -0.329 e. The van der Waals surface area contributed by atoms with Gasteiger partial charge in [0, 0.05) is 3.57 Å². The first-order valence-corrected chi connectivity index (χ1v) is 6.23. The Labute approximate surface area is 108 Å². The van der Waals surface area contributed by atoms with E-state index in [9.17, 15) is 4.39 Å². The van der Waals surface area contributed by atoms with Gasteiger partial charge in [0.25, 0.3) is 0 Å². The lowest BCUT2D eigenvalue weighted by molar-refractivity contribution is 0.627. The number of H-pyrrole nitrogens is 1. The summed E-state index contributed by atoms with van der Waals surface area (Å²) in [7, 11) is 0. The van der Waals surface area contributed by atoms with Gasteiger partial charge in [-0.3, -0.25) is 5.10 Å². The standard InChI is InChI=1S/C8H5FIN3S2/c9-4-1-2-6(5(10)3-4)11-7-12-13-8(14)15-7/h1-3H,(H,11,12)(H,13,14). The summed E-state index contributed by atoms with van der Waals surface area (Å²) in [6, 6.07) is 4.52. The van der Waals surface area contributed by atoms with Crippen LogP contribution in [0.1, 0.15) is 0 Å². The van der Waals surface area contributed by atoms with Crippen molar-refractivity contribution in [2.45, 2.75) is 0 Å². The van der Waals surface area contributed by atoms with Crippen LogP contribution in [-0.2, 0) is 0 Å². The normalized spacial score (nSPS) is 10.3. The molecule has 1 heterocycles. The van der Waals surface area contributed by atoms with E-state index in [1.54, 1.807) is 6.07 Å². The van der Waals surface area contributed by atoms with E-state index in [1.807, 2.05) is 0 Å². The fraction of sp³-hybridized carbons (Fsp3) is 0. The monoisotopic (exact) mass is 353 g/mol. The maximum Gasteiger partial charge on any atom is 0.208 e. The first-order valence-electron chi connectivity index (χ1n) is 3.93. The summed E-state index contributed by atoms with van der Waals surface area (Å²) in [5.74, 6) is -0.250. The molecule has 0 aliphatic heterocycles. The van der Waals surface area contributed by atoms with E-state index in [-0.39, 0.29) is 5.82 Å². The van der Waals surface area contributed by atoms with E-state index >= 15 is 0 Å². The summed E-state index contributed by atoms with van der Waals surface area (Å²) in [6.45, 7) is 0. The summed E-state index contributed by atoms with van der Waals surface area (Å²) in [4.78, 5) is 0. The van der Waals surface area contributed by atoms with E-state index in [0.717, 1.165) is 9.26 Å². The maximum atomic E-state index is 12.8. The summed E-state index contributed by atoms with van der Waals surface area (Å²) in [6.07, 6.45) is 0. The van der Waals surface area contributed by atoms with E-state index in [4.69, 9.17) is 12.2 Å². The van der Waals surface area contributed by atoms with E-state index in [0.29, 0.717) is 9.09 Å². The summed E-state index contributed by atoms with van der Waals surface area (Å²) in [5, 5.41) is 10.3. The Morgan fingerprint density at radius 3 is 2.93 bits per heavy atom. The van der Waals surface area contributed by atoms with Gasteiger partial charge in [0.2, 0.25) is 5.13 Å². The molecule has 0 aliphatic carbocycles. The Bertz CT molecular complexity index is 537. The summed E-state index contributed by atoms with van der Waals surface area (Å²) < 4.78 is 14.2. The molecule has 0 bridgehead atoms. The molecule has 0 radical (unpaired) electrons. The molecular formula is C8H5FIN3S2. The summed E-state index contributed by atoms with van der Waals surface area (Å²) in [5.41, 5.74) is 0.815. The summed E-state index contributed by atoms with van der Waals surface area (Å²) >= 11 is 8.29. The van der Waals surface area contributed by atoms with Crippen molar-refractivity contribution in [2.75, 3.05) is 5.32 Å². The predicted octanol–water partition coefficient (Wildman–Crippen LogP) is 3.69. The Kier molecular flexibility index (Phi) is 3.32. The topological polar surface area (TPSA) is 40.7 Å². The Balaban J connectivity index is 2.28. The molecule has 2 aromatic rings. The molecule has 0 amide bonds. The van der Waals surface area contributed by atoms with Gasteiger partial charge in [0.15, 0.2) is 3.95 Å². The Morgan fingerprint density at radius 1 is 1.53 bits per heavy atom. The third-order valence-electron chi connectivity index (χ3n) is 1.61. The largest absolute Gasteiger partial charge is 0.329 e. The molecule has 3 nitrogen and oxygen atoms in total. The van der Waals surface area contributed by atoms with Gasteiger partial charge in [0.1, 0.15) is 5.82 Å². The third-order valence-corrected chi connectivity index (χ3v) is 3.51. The molecule has 1 aromatic carbocycles. The first kappa shape index (κ1) is 11.0. The van der Waals surface area contributed by atoms with E-state index in [2.05, 4.69) is 38.1 Å². The number of anilines is 2. The number of hydrogen-bond acceptors (Lipinski definition) is 4. The lowest BCUT2D eigenvalue weighted by atomic mass is 10.3. The fourth-order valence-corrected chi connectivity index (χ4v) is 2.40. The minimum atomic E-state index is -0.250. The first-order chi connectivity index (χ1) is 7.15. The van der Waals surface area contributed by atoms with Crippen LogP contribution in [0, 0.1) is 13.3 Å². The lowest BCUT2D eigenvalue weighted by Crippen LogP contribution is -1.93. The zero-order valence-corrected chi connectivity index (χ0v) is 11.0. The Morgan fingerprint density at radius 2 is 2.33 bits per heavy atom. The van der Waals surface area contributed by atoms with Crippen molar-refractivity contribution < 1.29 is 4.39 Å². The highest BCUT2D eigenvalue weighted by atomic mass is 127. The fourth-order valence-electron chi connectivity index (χ4n) is 0.989. The number of hydrogen-bond donors (Lipinski definition) is 2. The highest BCUT2D eigenvalue weighted by molar-refractivity contribution is 14.1. The highest BCUT2D eigenvalue weighted by Crippen LogP contribution is 2.24. The number of benzene rings is 1. The van der Waals surface area contributed by atoms with Crippen molar-refractivity contribution in [3.8, 4) is 0 Å². The number of halogens is 2. The highest BCUT2D eigenvalue weighted by Gasteiger charge is 2.03. The molecule has 0 saturated heterocycles. The van der Waals surface area contributed by atoms with Gasteiger partial charge in [-0.1, -0.05) is 11.3 Å². The van der Waals surface area contributed by atoms with Gasteiger partial charge in [-0.05, 0) is 53.0 Å². The molecule has 0 aliphatic rings. The molecule has 0 saturated carbocycles. The van der Waals surface area contributed by atoms with E-state index < -0.39 is 0 Å². The third kappa shape index (κ3) is 2.73. The second-order valence-electron chi connectivity index (χ2n) is 2.67. The molecule has 7 heteroatoms. The van der Waals surface area contributed by atoms with Crippen LogP contribution in [0.25, 0.3) is 0 Å². The number of rotatable bonds is 2. The van der Waals surface area contributed by atoms with Crippen LogP contribution in [0.5, 0.6) is 0 Å². The van der Waals surface area contributed by atoms with Gasteiger partial charge >= 0.3 is 0 Å². The average Bonchev–Trinajstić information content (AvgIpc) is 2.56. The van der Waals surface area contributed by atoms with Crippen LogP contribution >= 0.6 is 46.1 Å². The van der Waals surface area contributed by atoms with Crippen LogP contribution < -0.4 is 5.32 Å². The molecule has 0 fully saturated rings. The Hall–Kier alpha value is -0.540. The average molecular weight is 353 g/mol. The van der Waals surface area contributed by atoms with Crippen molar-refractivity contribution >= 4 is 57.0 Å². The van der Waals surface area contributed by atoms with E-state index in [1.165, 1.54) is 23.5 Å². The molecule has 2 rings (SSSR count). The zero-order valence-electron chi connectivity index (χ0n) is 7.25. The van der Waals surface area contributed by atoms with Gasteiger partial charge < -0.3 is 5.32 Å². The molecule has 1 aromatic heterocycles. The minimum absolute atomic E-state index is 0.250. The number of nitrogens with one attached hydrogen (secondary N) is 2. The molecule has 78 valence electrons. The maximum absolute atomic E-state index is 12.8. The van der Waals surface area contributed by atoms with Gasteiger partial charge in [-0.25, -0.2) is 4.39 Å². The van der Waals surface area contributed by atoms with Crippen molar-refractivity contribution in [3.05, 3.63) is 31.5 Å². The molecule has 15 heavy (non-hydrogen) atoms. The van der Waals surface area contributed by atoms with Crippen molar-refractivity contribution in [1.82, 2.24) is 10.2 Å². The number of aromatic amines is 1. The lowest BCUT2D eigenvalue weighted by Gasteiger charge is -2.04. The van der Waals surface area contributed by atoms with Gasteiger partial charge in [-0.15, -0.1) is 5.10 Å². The van der Waals surface area contributed by atoms with Crippen LogP contribution in [0.15, 0.2) is 18.2 Å². The number of nitrogens with zero attached hydrogens (tertiary/aromatic N) is 1. The molecule has 0 spiro atoms. The van der Waals surface area contributed by atoms with Crippen LogP contribution in [0.4, 0.5) is 15.2 Å². The molecular weight excluding hydrogens is 348 g/mol. The van der Waals surface area contributed by atoms with Gasteiger partial charge in [-0.2, -0.15) is 0 Å². The van der Waals surface area contributed by atoms with Crippen LogP contribution in [0.2, 0.25) is 0 Å². The second-order valence-corrected chi connectivity index (χ2v) is 5.50. The molecule has 0 atom stereocenters. The van der Waals surface area contributed by atoms with Crippen LogP contribution in [0.3, 0.4) is 0 Å². The van der Waals surface area contributed by atoms with Crippen molar-refractivity contribution in [3.63, 3.8) is 0 Å². The predicted molar refractivity (Wildman–Crippen MR) is 69.7 cm³/mol. The smallest absolute Gasteiger partial charge is 0.208 e. The zero-order chi connectivity index (χ0) is 10.8. The SMILES string of the molecule is Fc1ccc(Nc2n[nH]c(=S)s2)c(I)c1.